The minimum absolute atomic E-state index is 0.0862. The van der Waals surface area contributed by atoms with Gasteiger partial charge in [-0.25, -0.2) is 0 Å². The number of carbonyl (C=O) groups excluding carboxylic acids is 1. The summed E-state index contributed by atoms with van der Waals surface area (Å²) < 4.78 is 0. The van der Waals surface area contributed by atoms with Crippen molar-refractivity contribution in [2.75, 3.05) is 0 Å². The zero-order valence-electron chi connectivity index (χ0n) is 9.29. The zero-order chi connectivity index (χ0) is 11.1. The summed E-state index contributed by atoms with van der Waals surface area (Å²) in [6.45, 7) is 3.82. The molecule has 0 saturated heterocycles. The van der Waals surface area contributed by atoms with Gasteiger partial charge in [0.15, 0.2) is 5.78 Å². The van der Waals surface area contributed by atoms with E-state index in [-0.39, 0.29) is 5.78 Å². The van der Waals surface area contributed by atoms with Crippen LogP contribution in [0.4, 0.5) is 0 Å². The van der Waals surface area contributed by atoms with Gasteiger partial charge in [-0.05, 0) is 38.2 Å². The highest BCUT2D eigenvalue weighted by Crippen LogP contribution is 2.39. The second-order valence-corrected chi connectivity index (χ2v) is 4.70. The molecule has 1 saturated carbocycles. The van der Waals surface area contributed by atoms with Crippen molar-refractivity contribution in [1.82, 2.24) is 0 Å². The normalized spacial score (nSPS) is 19.7. The topological polar surface area (TPSA) is 43.1 Å². The average Bonchev–Trinajstić information content (AvgIpc) is 3.00. The molecule has 1 aliphatic rings. The number of nitrogens with two attached hydrogens (primary N) is 1. The predicted octanol–water partition coefficient (Wildman–Crippen LogP) is 2.31. The second-order valence-electron chi connectivity index (χ2n) is 4.70. The molecule has 0 heterocycles. The third-order valence-electron chi connectivity index (χ3n) is 3.30. The highest BCUT2D eigenvalue weighted by atomic mass is 16.1. The number of carbonyl (C=O) groups is 1. The van der Waals surface area contributed by atoms with E-state index in [1.165, 1.54) is 0 Å². The summed E-state index contributed by atoms with van der Waals surface area (Å²) in [5.41, 5.74) is 7.23. The van der Waals surface area contributed by atoms with Gasteiger partial charge in [-0.2, -0.15) is 0 Å². The van der Waals surface area contributed by atoms with Crippen molar-refractivity contribution >= 4 is 5.78 Å². The standard InChI is InChI=1S/C13H17NO/c1-9-5-3-4-6-11(9)12(15)13(2,14)10-7-8-10/h3-6,10H,7-8,14H2,1-2H3. The second kappa shape index (κ2) is 3.46. The van der Waals surface area contributed by atoms with E-state index in [1.807, 2.05) is 38.1 Å². The highest BCUT2D eigenvalue weighted by Gasteiger charge is 2.44. The van der Waals surface area contributed by atoms with Crippen molar-refractivity contribution in [2.24, 2.45) is 11.7 Å². The molecule has 0 spiro atoms. The van der Waals surface area contributed by atoms with Crippen LogP contribution < -0.4 is 5.73 Å². The Morgan fingerprint density at radius 1 is 1.40 bits per heavy atom. The third kappa shape index (κ3) is 1.82. The summed E-state index contributed by atoms with van der Waals surface area (Å²) >= 11 is 0. The van der Waals surface area contributed by atoms with E-state index >= 15 is 0 Å². The molecule has 1 fully saturated rings. The lowest BCUT2D eigenvalue weighted by molar-refractivity contribution is 0.0882. The third-order valence-corrected chi connectivity index (χ3v) is 3.30. The van der Waals surface area contributed by atoms with Gasteiger partial charge in [-0.1, -0.05) is 24.3 Å². The van der Waals surface area contributed by atoms with E-state index < -0.39 is 5.54 Å². The fourth-order valence-corrected chi connectivity index (χ4v) is 1.99. The first kappa shape index (κ1) is 10.4. The minimum atomic E-state index is -0.674. The van der Waals surface area contributed by atoms with Crippen molar-refractivity contribution in [3.05, 3.63) is 35.4 Å². The van der Waals surface area contributed by atoms with Crippen LogP contribution in [0.25, 0.3) is 0 Å². The van der Waals surface area contributed by atoms with Crippen LogP contribution in [0.2, 0.25) is 0 Å². The zero-order valence-corrected chi connectivity index (χ0v) is 9.29. The van der Waals surface area contributed by atoms with Crippen molar-refractivity contribution in [2.45, 2.75) is 32.2 Å². The first-order chi connectivity index (χ1) is 7.03. The molecule has 1 atom stereocenters. The van der Waals surface area contributed by atoms with Crippen molar-refractivity contribution < 1.29 is 4.79 Å². The van der Waals surface area contributed by atoms with Gasteiger partial charge in [0, 0.05) is 5.56 Å². The van der Waals surface area contributed by atoms with Gasteiger partial charge in [0.05, 0.1) is 5.54 Å². The SMILES string of the molecule is Cc1ccccc1C(=O)C(C)(N)C1CC1. The highest BCUT2D eigenvalue weighted by molar-refractivity contribution is 6.04. The van der Waals surface area contributed by atoms with E-state index in [4.69, 9.17) is 5.73 Å². The van der Waals surface area contributed by atoms with Gasteiger partial charge in [0.1, 0.15) is 0 Å². The number of ketones is 1. The maximum Gasteiger partial charge on any atom is 0.182 e. The van der Waals surface area contributed by atoms with Crippen LogP contribution in [0.3, 0.4) is 0 Å². The largest absolute Gasteiger partial charge is 0.319 e. The van der Waals surface area contributed by atoms with Gasteiger partial charge in [0.2, 0.25) is 0 Å². The van der Waals surface area contributed by atoms with Crippen LogP contribution in [0.1, 0.15) is 35.7 Å². The molecular weight excluding hydrogens is 186 g/mol. The fraction of sp³-hybridized carbons (Fsp3) is 0.462. The lowest BCUT2D eigenvalue weighted by Gasteiger charge is -2.23. The summed E-state index contributed by atoms with van der Waals surface area (Å²) in [6.07, 6.45) is 2.18. The molecule has 1 unspecified atom stereocenters. The molecule has 2 nitrogen and oxygen atoms in total. The molecule has 80 valence electrons. The molecule has 2 heteroatoms. The molecular formula is C13H17NO. The number of Topliss-reactive ketones (excluding diaryl/α,β-unsaturated/α-hetero) is 1. The number of aryl methyl sites for hydroxylation is 1. The molecule has 0 aliphatic heterocycles. The van der Waals surface area contributed by atoms with Crippen LogP contribution in [0.5, 0.6) is 0 Å². The van der Waals surface area contributed by atoms with E-state index in [1.54, 1.807) is 0 Å². The Hall–Kier alpha value is -1.15. The maximum absolute atomic E-state index is 12.2. The molecule has 1 aromatic carbocycles. The molecule has 0 bridgehead atoms. The number of rotatable bonds is 3. The molecule has 0 aromatic heterocycles. The number of hydrogen-bond donors (Lipinski definition) is 1. The van der Waals surface area contributed by atoms with E-state index in [2.05, 4.69) is 0 Å². The van der Waals surface area contributed by atoms with Crippen molar-refractivity contribution in [3.63, 3.8) is 0 Å². The molecule has 0 radical (unpaired) electrons. The summed E-state index contributed by atoms with van der Waals surface area (Å²) in [7, 11) is 0. The fourth-order valence-electron chi connectivity index (χ4n) is 1.99. The number of hydrogen-bond acceptors (Lipinski definition) is 2. The summed E-state index contributed by atoms with van der Waals surface area (Å²) in [6, 6.07) is 7.65. The van der Waals surface area contributed by atoms with Crippen LogP contribution in [-0.2, 0) is 0 Å². The monoisotopic (exact) mass is 203 g/mol. The lowest BCUT2D eigenvalue weighted by atomic mass is 9.86. The van der Waals surface area contributed by atoms with Crippen LogP contribution in [0, 0.1) is 12.8 Å². The summed E-state index contributed by atoms with van der Waals surface area (Å²) in [4.78, 5) is 12.2. The molecule has 0 amide bonds. The predicted molar refractivity (Wildman–Crippen MR) is 60.8 cm³/mol. The summed E-state index contributed by atoms with van der Waals surface area (Å²) in [5, 5.41) is 0. The van der Waals surface area contributed by atoms with Gasteiger partial charge in [-0.15, -0.1) is 0 Å². The van der Waals surface area contributed by atoms with Gasteiger partial charge in [-0.3, -0.25) is 4.79 Å². The van der Waals surface area contributed by atoms with Crippen molar-refractivity contribution in [1.29, 1.82) is 0 Å². The molecule has 1 aromatic rings. The van der Waals surface area contributed by atoms with Crippen LogP contribution >= 0.6 is 0 Å². The first-order valence-corrected chi connectivity index (χ1v) is 5.43. The quantitative estimate of drug-likeness (QED) is 0.766. The van der Waals surface area contributed by atoms with Gasteiger partial charge in [0.25, 0.3) is 0 Å². The van der Waals surface area contributed by atoms with Crippen LogP contribution in [-0.4, -0.2) is 11.3 Å². The smallest absolute Gasteiger partial charge is 0.182 e. The Bertz CT molecular complexity index is 391. The Labute approximate surface area is 90.5 Å². The molecule has 15 heavy (non-hydrogen) atoms. The van der Waals surface area contributed by atoms with Crippen molar-refractivity contribution in [3.8, 4) is 0 Å². The Kier molecular flexibility index (Phi) is 2.39. The van der Waals surface area contributed by atoms with Gasteiger partial charge >= 0.3 is 0 Å². The molecule has 1 aliphatic carbocycles. The Morgan fingerprint density at radius 3 is 2.53 bits per heavy atom. The average molecular weight is 203 g/mol. The maximum atomic E-state index is 12.2. The molecule has 2 N–H and O–H groups in total. The molecule has 2 rings (SSSR count). The van der Waals surface area contributed by atoms with E-state index in [0.29, 0.717) is 5.92 Å². The van der Waals surface area contributed by atoms with E-state index in [9.17, 15) is 4.79 Å². The van der Waals surface area contributed by atoms with E-state index in [0.717, 1.165) is 24.0 Å². The van der Waals surface area contributed by atoms with Crippen LogP contribution in [0.15, 0.2) is 24.3 Å². The minimum Gasteiger partial charge on any atom is -0.319 e. The first-order valence-electron chi connectivity index (χ1n) is 5.43. The van der Waals surface area contributed by atoms with Gasteiger partial charge < -0.3 is 5.73 Å². The Morgan fingerprint density at radius 2 is 2.00 bits per heavy atom. The lowest BCUT2D eigenvalue weighted by Crippen LogP contribution is -2.47. The number of benzene rings is 1. The summed E-state index contributed by atoms with van der Waals surface area (Å²) in [5.74, 6) is 0.465. The Balaban J connectivity index is 2.31.